The summed E-state index contributed by atoms with van der Waals surface area (Å²) in [5, 5.41) is 0. The molecule has 0 unspecified atom stereocenters. The molecule has 0 radical (unpaired) electrons. The second-order valence-corrected chi connectivity index (χ2v) is 2.31. The zero-order valence-electron chi connectivity index (χ0n) is 5.17. The lowest BCUT2D eigenvalue weighted by molar-refractivity contribution is 1.26. The molecule has 1 aromatic carbocycles. The molecule has 0 heterocycles. The molecule has 0 fully saturated rings. The third-order valence-corrected chi connectivity index (χ3v) is 1.69. The third kappa shape index (κ3) is 0.710. The summed E-state index contributed by atoms with van der Waals surface area (Å²) in [7, 11) is 0. The molecule has 46 valence electrons. The highest BCUT2D eigenvalue weighted by atomic mass is 14.1. The van der Waals surface area contributed by atoms with Gasteiger partial charge in [0.25, 0.3) is 0 Å². The largest absolute Gasteiger partial charge is 0.375 e. The van der Waals surface area contributed by atoms with Crippen molar-refractivity contribution < 1.29 is 0 Å². The van der Waals surface area contributed by atoms with Gasteiger partial charge in [-0.3, -0.25) is 0 Å². The highest BCUT2D eigenvalue weighted by Crippen LogP contribution is 2.21. The van der Waals surface area contributed by atoms with Gasteiger partial charge in [0.2, 0.25) is 0 Å². The maximum Gasteiger partial charge on any atom is -0.0864 e. The smallest absolute Gasteiger partial charge is 0.0864 e. The fourth-order valence-corrected chi connectivity index (χ4v) is 1.20. The number of hydrogen-bond donors (Lipinski definition) is 0. The minimum Gasteiger partial charge on any atom is -0.375 e. The Labute approximate surface area is 55.5 Å². The summed E-state index contributed by atoms with van der Waals surface area (Å²) in [6, 6.07) is 8.49. The lowest BCUT2D eigenvalue weighted by atomic mass is 10.1. The van der Waals surface area contributed by atoms with Crippen molar-refractivity contribution in [1.29, 1.82) is 0 Å². The van der Waals surface area contributed by atoms with Gasteiger partial charge in [-0.1, -0.05) is 6.07 Å². The van der Waals surface area contributed by atoms with Gasteiger partial charge < -0.3 is 12.8 Å². The fourth-order valence-electron chi connectivity index (χ4n) is 1.20. The topological polar surface area (TPSA) is 0 Å². The molecular weight excluding hydrogens is 108 g/mol. The first kappa shape index (κ1) is 4.92. The van der Waals surface area contributed by atoms with Gasteiger partial charge in [-0.15, -0.1) is 12.1 Å². The van der Waals surface area contributed by atoms with E-state index >= 15 is 0 Å². The van der Waals surface area contributed by atoms with Crippen LogP contribution in [0.4, 0.5) is 0 Å². The van der Waals surface area contributed by atoms with Gasteiger partial charge in [0.1, 0.15) is 0 Å². The van der Waals surface area contributed by atoms with Crippen molar-refractivity contribution in [2.75, 3.05) is 0 Å². The summed E-state index contributed by atoms with van der Waals surface area (Å²) in [5.74, 6) is 0. The van der Waals surface area contributed by atoms with E-state index in [0.717, 1.165) is 6.42 Å². The van der Waals surface area contributed by atoms with Gasteiger partial charge in [-0.05, 0) is 0 Å². The second kappa shape index (κ2) is 1.80. The predicted octanol–water partition coefficient (Wildman–Crippen LogP) is 2.00. The Morgan fingerprint density at radius 2 is 2.11 bits per heavy atom. The van der Waals surface area contributed by atoms with Crippen LogP contribution in [-0.2, 0) is 6.42 Å². The van der Waals surface area contributed by atoms with Crippen LogP contribution in [0.2, 0.25) is 0 Å². The van der Waals surface area contributed by atoms with Gasteiger partial charge in [0.15, 0.2) is 0 Å². The average Bonchev–Trinajstić information content (AvgIpc) is 2.33. The molecule has 1 aromatic rings. The third-order valence-electron chi connectivity index (χ3n) is 1.69. The van der Waals surface area contributed by atoms with Gasteiger partial charge >= 0.3 is 0 Å². The van der Waals surface area contributed by atoms with Crippen LogP contribution in [0.15, 0.2) is 24.3 Å². The average molecular weight is 116 g/mol. The van der Waals surface area contributed by atoms with Crippen LogP contribution in [0.5, 0.6) is 0 Å². The van der Waals surface area contributed by atoms with E-state index in [-0.39, 0.29) is 0 Å². The van der Waals surface area contributed by atoms with Crippen molar-refractivity contribution >= 4 is 0 Å². The Balaban J connectivity index is 2.54. The first-order valence-electron chi connectivity index (χ1n) is 3.21. The zero-order chi connectivity index (χ0) is 6.10. The van der Waals surface area contributed by atoms with Crippen molar-refractivity contribution in [3.8, 4) is 0 Å². The second-order valence-electron chi connectivity index (χ2n) is 2.31. The summed E-state index contributed by atoms with van der Waals surface area (Å²) in [5.41, 5.74) is 2.84. The standard InChI is InChI=1S/C9H8/c1-2-5-9-7-3-6-8(9)4-1/h1-6H,7H2/q-2. The van der Waals surface area contributed by atoms with Gasteiger partial charge in [0, 0.05) is 0 Å². The van der Waals surface area contributed by atoms with Gasteiger partial charge in [-0.2, -0.15) is 11.6 Å². The molecule has 0 N–H and O–H groups in total. The van der Waals surface area contributed by atoms with E-state index < -0.39 is 0 Å². The number of hydrogen-bond acceptors (Lipinski definition) is 0. The van der Waals surface area contributed by atoms with Crippen molar-refractivity contribution in [2.24, 2.45) is 0 Å². The molecule has 0 nitrogen and oxygen atoms in total. The van der Waals surface area contributed by atoms with Crippen LogP contribution in [0.1, 0.15) is 11.1 Å². The molecule has 0 heteroatoms. The molecular formula is C9H8-2. The van der Waals surface area contributed by atoms with E-state index in [1.807, 2.05) is 0 Å². The van der Waals surface area contributed by atoms with Gasteiger partial charge in [0.05, 0.1) is 0 Å². The molecule has 2 rings (SSSR count). The van der Waals surface area contributed by atoms with Crippen molar-refractivity contribution in [3.05, 3.63) is 48.2 Å². The van der Waals surface area contributed by atoms with E-state index in [0.29, 0.717) is 0 Å². The Hall–Kier alpha value is -0.910. The van der Waals surface area contributed by atoms with Crippen LogP contribution in [-0.4, -0.2) is 0 Å². The maximum absolute atomic E-state index is 2.20. The van der Waals surface area contributed by atoms with Crippen molar-refractivity contribution in [2.45, 2.75) is 6.42 Å². The van der Waals surface area contributed by atoms with Gasteiger partial charge in [-0.25, -0.2) is 12.0 Å². The Morgan fingerprint density at radius 3 is 3.00 bits per heavy atom. The number of fused-ring (bicyclic) bond motifs is 1. The van der Waals surface area contributed by atoms with E-state index in [4.69, 9.17) is 0 Å². The molecule has 9 heavy (non-hydrogen) atoms. The van der Waals surface area contributed by atoms with Crippen molar-refractivity contribution in [3.63, 3.8) is 0 Å². The normalized spacial score (nSPS) is 14.7. The molecule has 1 aliphatic carbocycles. The zero-order valence-corrected chi connectivity index (χ0v) is 5.17. The predicted molar refractivity (Wildman–Crippen MR) is 37.8 cm³/mol. The quantitative estimate of drug-likeness (QED) is 0.455. The lowest BCUT2D eigenvalue weighted by Gasteiger charge is -2.08. The highest BCUT2D eigenvalue weighted by Gasteiger charge is 1.88. The first-order chi connectivity index (χ1) is 4.47. The molecule has 0 saturated carbocycles. The Bertz CT molecular complexity index is 190. The molecule has 0 aromatic heterocycles. The fraction of sp³-hybridized carbons (Fsp3) is 0.111. The molecule has 1 aliphatic rings. The summed E-state index contributed by atoms with van der Waals surface area (Å²) in [6.07, 6.45) is 5.50. The van der Waals surface area contributed by atoms with E-state index in [1.54, 1.807) is 0 Å². The van der Waals surface area contributed by atoms with Crippen LogP contribution < -0.4 is 0 Å². The Kier molecular flexibility index (Phi) is 0.984. The van der Waals surface area contributed by atoms with E-state index in [2.05, 4.69) is 37.1 Å². The molecule has 0 aliphatic heterocycles. The summed E-state index contributed by atoms with van der Waals surface area (Å²) in [6.45, 7) is 0. The van der Waals surface area contributed by atoms with E-state index in [1.165, 1.54) is 11.1 Å². The molecule has 0 spiro atoms. The number of benzene rings is 1. The minimum atomic E-state index is 1.12. The summed E-state index contributed by atoms with van der Waals surface area (Å²) < 4.78 is 0. The monoisotopic (exact) mass is 116 g/mol. The molecule has 0 saturated heterocycles. The SMILES string of the molecule is c1ccc2c(c1)[CH-][CH-]C2. The maximum atomic E-state index is 2.20. The summed E-state index contributed by atoms with van der Waals surface area (Å²) in [4.78, 5) is 0. The van der Waals surface area contributed by atoms with Crippen LogP contribution in [0.25, 0.3) is 0 Å². The lowest BCUT2D eigenvalue weighted by Crippen LogP contribution is -1.76. The first-order valence-corrected chi connectivity index (χ1v) is 3.21. The number of rotatable bonds is 0. The van der Waals surface area contributed by atoms with Crippen LogP contribution >= 0.6 is 0 Å². The summed E-state index contributed by atoms with van der Waals surface area (Å²) >= 11 is 0. The van der Waals surface area contributed by atoms with Crippen LogP contribution in [0, 0.1) is 12.8 Å². The molecule has 0 amide bonds. The van der Waals surface area contributed by atoms with Crippen LogP contribution in [0.3, 0.4) is 0 Å². The van der Waals surface area contributed by atoms with E-state index in [9.17, 15) is 0 Å². The van der Waals surface area contributed by atoms with Crippen molar-refractivity contribution in [1.82, 2.24) is 0 Å². The highest BCUT2D eigenvalue weighted by molar-refractivity contribution is 5.41. The minimum absolute atomic E-state index is 1.12. The molecule has 0 bridgehead atoms. The Morgan fingerprint density at radius 1 is 1.22 bits per heavy atom. The molecule has 0 atom stereocenters.